The lowest BCUT2D eigenvalue weighted by Gasteiger charge is -2.26. The molecule has 0 aromatic heterocycles. The van der Waals surface area contributed by atoms with E-state index in [9.17, 15) is 19.4 Å². The van der Waals surface area contributed by atoms with Crippen LogP contribution in [0.1, 0.15) is 296 Å². The van der Waals surface area contributed by atoms with Crippen molar-refractivity contribution in [1.82, 2.24) is 5.32 Å². The monoisotopic (exact) mass is 1010 g/mol. The first-order valence-corrected chi connectivity index (χ1v) is 31.8. The Hall–Kier alpha value is -1.28. The molecule has 414 valence electrons. The molecule has 70 heavy (non-hydrogen) atoms. The Kier molecular flexibility index (Phi) is 51.6. The Morgan fingerprint density at radius 1 is 0.500 bits per heavy atom. The van der Waals surface area contributed by atoms with Crippen LogP contribution in [0.25, 0.3) is 0 Å². The fourth-order valence-electron chi connectivity index (χ4n) is 9.18. The van der Waals surface area contributed by atoms with E-state index < -0.39 is 20.0 Å². The van der Waals surface area contributed by atoms with Crippen molar-refractivity contribution < 1.29 is 32.9 Å². The van der Waals surface area contributed by atoms with E-state index in [4.69, 9.17) is 9.05 Å². The molecule has 3 unspecified atom stereocenters. The first-order valence-electron chi connectivity index (χ1n) is 30.4. The summed E-state index contributed by atoms with van der Waals surface area (Å²) in [6.07, 6.45) is 68.1. The normalized spacial score (nSPS) is 14.1. The lowest BCUT2D eigenvalue weighted by Crippen LogP contribution is -2.46. The van der Waals surface area contributed by atoms with Gasteiger partial charge < -0.3 is 19.8 Å². The molecule has 0 bridgehead atoms. The minimum absolute atomic E-state index is 0.0708. The molecule has 0 fully saturated rings. The molecule has 0 saturated heterocycles. The van der Waals surface area contributed by atoms with Gasteiger partial charge in [0.25, 0.3) is 0 Å². The van der Waals surface area contributed by atoms with Gasteiger partial charge in [0.1, 0.15) is 13.2 Å². The van der Waals surface area contributed by atoms with Crippen LogP contribution in [-0.4, -0.2) is 73.4 Å². The molecule has 0 saturated carbocycles. The maximum atomic E-state index is 13.0. The highest BCUT2D eigenvalue weighted by Crippen LogP contribution is 2.43. The van der Waals surface area contributed by atoms with Crippen molar-refractivity contribution in [1.29, 1.82) is 0 Å². The van der Waals surface area contributed by atoms with Gasteiger partial charge in [0.15, 0.2) is 0 Å². The molecule has 0 aromatic rings. The molecule has 3 N–H and O–H groups in total. The number of likely N-dealkylation sites (N-methyl/N-ethyl adjacent to an activating group) is 1. The number of quaternary nitrogens is 1. The highest BCUT2D eigenvalue weighted by Gasteiger charge is 2.28. The Balaban J connectivity index is 3.99. The molecule has 1 amide bonds. The van der Waals surface area contributed by atoms with Gasteiger partial charge in [-0.1, -0.05) is 281 Å². The SMILES string of the molecule is CC/C=C\C/C=C\C/C=C\CCCCCCCC(=O)NC(COP(=O)(O)OCC[N+](C)(C)C)C(O)CCCCCCCCCCCCCCCCCCCCCCCCCCCCCCCCCCC. The van der Waals surface area contributed by atoms with E-state index in [1.165, 1.54) is 193 Å². The Morgan fingerprint density at radius 2 is 0.857 bits per heavy atom. The average molecular weight is 1010 g/mol. The molecule has 0 aliphatic rings. The Bertz CT molecular complexity index is 1230. The highest BCUT2D eigenvalue weighted by molar-refractivity contribution is 7.47. The molecular formula is C61H120N2O6P+. The molecule has 9 heteroatoms. The smallest absolute Gasteiger partial charge is 0.391 e. The summed E-state index contributed by atoms with van der Waals surface area (Å²) in [4.78, 5) is 23.3. The molecule has 3 atom stereocenters. The van der Waals surface area contributed by atoms with Crippen molar-refractivity contribution in [3.05, 3.63) is 36.5 Å². The van der Waals surface area contributed by atoms with Crippen molar-refractivity contribution in [2.45, 2.75) is 309 Å². The van der Waals surface area contributed by atoms with E-state index in [1.54, 1.807) is 0 Å². The van der Waals surface area contributed by atoms with Gasteiger partial charge in [-0.2, -0.15) is 0 Å². The maximum Gasteiger partial charge on any atom is 0.472 e. The van der Waals surface area contributed by atoms with Crippen molar-refractivity contribution in [3.63, 3.8) is 0 Å². The first kappa shape index (κ1) is 68.7. The van der Waals surface area contributed by atoms with E-state index in [-0.39, 0.29) is 19.1 Å². The maximum absolute atomic E-state index is 13.0. The summed E-state index contributed by atoms with van der Waals surface area (Å²) in [5, 5.41) is 14.1. The molecule has 0 aliphatic carbocycles. The van der Waals surface area contributed by atoms with Gasteiger partial charge in [0, 0.05) is 6.42 Å². The fourth-order valence-corrected chi connectivity index (χ4v) is 9.92. The number of nitrogens with one attached hydrogen (secondary N) is 1. The number of allylic oxidation sites excluding steroid dienone is 6. The van der Waals surface area contributed by atoms with Crippen molar-refractivity contribution in [2.24, 2.45) is 0 Å². The lowest BCUT2D eigenvalue weighted by molar-refractivity contribution is -0.870. The largest absolute Gasteiger partial charge is 0.472 e. The number of amides is 1. The summed E-state index contributed by atoms with van der Waals surface area (Å²) >= 11 is 0. The fraction of sp³-hybridized carbons (Fsp3) is 0.885. The van der Waals surface area contributed by atoms with Gasteiger partial charge in [0.05, 0.1) is 39.9 Å². The van der Waals surface area contributed by atoms with Crippen LogP contribution >= 0.6 is 7.82 Å². The van der Waals surface area contributed by atoms with Gasteiger partial charge >= 0.3 is 7.82 Å². The van der Waals surface area contributed by atoms with E-state index in [0.717, 1.165) is 77.0 Å². The van der Waals surface area contributed by atoms with Crippen molar-refractivity contribution in [3.8, 4) is 0 Å². The zero-order chi connectivity index (χ0) is 51.3. The Labute approximate surface area is 436 Å². The zero-order valence-electron chi connectivity index (χ0n) is 47.3. The number of aliphatic hydroxyl groups excluding tert-OH is 1. The van der Waals surface area contributed by atoms with Crippen LogP contribution in [0, 0.1) is 0 Å². The first-order chi connectivity index (χ1) is 34.0. The van der Waals surface area contributed by atoms with Crippen LogP contribution in [0.3, 0.4) is 0 Å². The van der Waals surface area contributed by atoms with Gasteiger partial charge in [0.2, 0.25) is 5.91 Å². The zero-order valence-corrected chi connectivity index (χ0v) is 48.2. The summed E-state index contributed by atoms with van der Waals surface area (Å²) < 4.78 is 23.8. The van der Waals surface area contributed by atoms with Crippen LogP contribution in [0.2, 0.25) is 0 Å². The molecule has 0 rings (SSSR count). The van der Waals surface area contributed by atoms with E-state index in [1.807, 2.05) is 21.1 Å². The molecule has 0 aliphatic heterocycles. The number of carbonyl (C=O) groups is 1. The standard InChI is InChI=1S/C61H119N2O6P/c1-6-8-10-12-14-16-18-20-22-23-24-25-26-27-28-29-30-31-32-33-34-35-36-37-38-39-41-42-44-46-48-50-52-54-60(64)59(58-69-70(66,67)68-57-56-63(3,4)5)62-61(65)55-53-51-49-47-45-43-40-21-19-17-15-13-11-9-7-2/h9,11,15,17,21,40,59-60,64H,6-8,10,12-14,16,18-20,22-39,41-58H2,1-5H3,(H-,62,65,66,67)/p+1/b11-9-,17-15-,40-21-. The molecule has 0 spiro atoms. The van der Waals surface area contributed by atoms with Crippen molar-refractivity contribution >= 4 is 13.7 Å². The average Bonchev–Trinajstić information content (AvgIpc) is 3.32. The quantitative estimate of drug-likeness (QED) is 0.0243. The molecule has 8 nitrogen and oxygen atoms in total. The van der Waals surface area contributed by atoms with Crippen LogP contribution in [-0.2, 0) is 18.4 Å². The summed E-state index contributed by atoms with van der Waals surface area (Å²) in [6, 6.07) is -0.771. The third kappa shape index (κ3) is 54.5. The lowest BCUT2D eigenvalue weighted by atomic mass is 10.0. The minimum atomic E-state index is -4.33. The van der Waals surface area contributed by atoms with E-state index >= 15 is 0 Å². The van der Waals surface area contributed by atoms with E-state index in [2.05, 4.69) is 55.6 Å². The molecule has 0 heterocycles. The third-order valence-corrected chi connectivity index (χ3v) is 14.9. The second kappa shape index (κ2) is 52.6. The summed E-state index contributed by atoms with van der Waals surface area (Å²) in [5.41, 5.74) is 0. The highest BCUT2D eigenvalue weighted by atomic mass is 31.2. The number of phosphoric acid groups is 1. The van der Waals surface area contributed by atoms with Crippen molar-refractivity contribution in [2.75, 3.05) is 40.9 Å². The molecule has 0 radical (unpaired) electrons. The van der Waals surface area contributed by atoms with Crippen LogP contribution in [0.5, 0.6) is 0 Å². The van der Waals surface area contributed by atoms with Gasteiger partial charge in [-0.3, -0.25) is 13.8 Å². The number of hydrogen-bond donors (Lipinski definition) is 3. The number of phosphoric ester groups is 1. The predicted molar refractivity (Wildman–Crippen MR) is 304 cm³/mol. The summed E-state index contributed by atoms with van der Waals surface area (Å²) in [6.45, 7) is 4.79. The van der Waals surface area contributed by atoms with Crippen LogP contribution in [0.4, 0.5) is 0 Å². The minimum Gasteiger partial charge on any atom is -0.391 e. The number of hydrogen-bond acceptors (Lipinski definition) is 5. The van der Waals surface area contributed by atoms with Crippen LogP contribution < -0.4 is 5.32 Å². The Morgan fingerprint density at radius 3 is 1.26 bits per heavy atom. The van der Waals surface area contributed by atoms with Gasteiger partial charge in [-0.15, -0.1) is 0 Å². The van der Waals surface area contributed by atoms with Crippen LogP contribution in [0.15, 0.2) is 36.5 Å². The molecular weight excluding hydrogens is 888 g/mol. The number of unbranched alkanes of at least 4 members (excludes halogenated alkanes) is 37. The number of nitrogens with zero attached hydrogens (tertiary/aromatic N) is 1. The number of carbonyl (C=O) groups excluding carboxylic acids is 1. The topological polar surface area (TPSA) is 105 Å². The number of aliphatic hydroxyl groups is 1. The van der Waals surface area contributed by atoms with E-state index in [0.29, 0.717) is 23.9 Å². The summed E-state index contributed by atoms with van der Waals surface area (Å²) in [5.74, 6) is -0.159. The van der Waals surface area contributed by atoms with Gasteiger partial charge in [-0.25, -0.2) is 4.57 Å². The number of rotatable bonds is 56. The second-order valence-electron chi connectivity index (χ2n) is 22.1. The predicted octanol–water partition coefficient (Wildman–Crippen LogP) is 18.5. The molecule has 0 aromatic carbocycles. The van der Waals surface area contributed by atoms with Gasteiger partial charge in [-0.05, 0) is 44.9 Å². The second-order valence-corrected chi connectivity index (χ2v) is 23.5. The third-order valence-electron chi connectivity index (χ3n) is 13.9. The summed E-state index contributed by atoms with van der Waals surface area (Å²) in [7, 11) is 1.61.